The van der Waals surface area contributed by atoms with Crippen LogP contribution < -0.4 is 10.7 Å². The van der Waals surface area contributed by atoms with Crippen LogP contribution in [0.2, 0.25) is 0 Å². The SMILES string of the molecule is Cc1ccccc1NC(=O)[C@@H]1Sc2nnc(-c3ccccc3)n2N[C@H]1c1ccccc1. The summed E-state index contributed by atoms with van der Waals surface area (Å²) in [6, 6.07) is 27.5. The molecule has 0 aliphatic carbocycles. The lowest BCUT2D eigenvalue weighted by Gasteiger charge is -2.33. The third-order valence-electron chi connectivity index (χ3n) is 5.29. The molecule has 0 saturated carbocycles. The summed E-state index contributed by atoms with van der Waals surface area (Å²) < 4.78 is 1.88. The smallest absolute Gasteiger partial charge is 0.240 e. The maximum atomic E-state index is 13.4. The van der Waals surface area contributed by atoms with Crippen LogP contribution in [0.15, 0.2) is 90.1 Å². The number of rotatable bonds is 4. The number of nitrogens with one attached hydrogen (secondary N) is 2. The number of aromatic nitrogens is 3. The standard InChI is InChI=1S/C24H21N5OS/c1-16-10-8-9-15-19(16)25-23(30)21-20(17-11-4-2-5-12-17)28-29-22(26-27-24(29)31-21)18-13-6-3-7-14-18/h2-15,20-21,28H,1H3,(H,25,30)/t20-,21+/m0/s1. The van der Waals surface area contributed by atoms with E-state index in [1.165, 1.54) is 11.8 Å². The Morgan fingerprint density at radius 2 is 1.61 bits per heavy atom. The van der Waals surface area contributed by atoms with Gasteiger partial charge in [0, 0.05) is 11.3 Å². The Morgan fingerprint density at radius 3 is 2.35 bits per heavy atom. The molecule has 154 valence electrons. The number of hydrogen-bond acceptors (Lipinski definition) is 5. The fourth-order valence-corrected chi connectivity index (χ4v) is 4.74. The van der Waals surface area contributed by atoms with E-state index < -0.39 is 5.25 Å². The maximum Gasteiger partial charge on any atom is 0.240 e. The minimum absolute atomic E-state index is 0.0730. The van der Waals surface area contributed by atoms with Gasteiger partial charge in [0.15, 0.2) is 5.82 Å². The van der Waals surface area contributed by atoms with E-state index in [1.807, 2.05) is 96.5 Å². The fourth-order valence-electron chi connectivity index (χ4n) is 3.66. The molecule has 0 saturated heterocycles. The number of aryl methyl sites for hydroxylation is 1. The van der Waals surface area contributed by atoms with E-state index in [1.54, 1.807) is 0 Å². The lowest BCUT2D eigenvalue weighted by Crippen LogP contribution is -2.41. The number of fused-ring (bicyclic) bond motifs is 1. The number of nitrogens with zero attached hydrogens (tertiary/aromatic N) is 3. The lowest BCUT2D eigenvalue weighted by atomic mass is 10.0. The molecule has 1 aliphatic heterocycles. The number of hydrogen-bond donors (Lipinski definition) is 2. The largest absolute Gasteiger partial charge is 0.325 e. The fraction of sp³-hybridized carbons (Fsp3) is 0.125. The Morgan fingerprint density at radius 1 is 0.935 bits per heavy atom. The van der Waals surface area contributed by atoms with Crippen LogP contribution in [0, 0.1) is 6.92 Å². The summed E-state index contributed by atoms with van der Waals surface area (Å²) in [6.07, 6.45) is 0. The van der Waals surface area contributed by atoms with Crippen molar-refractivity contribution in [2.45, 2.75) is 23.4 Å². The van der Waals surface area contributed by atoms with Gasteiger partial charge in [0.2, 0.25) is 11.1 Å². The van der Waals surface area contributed by atoms with E-state index in [9.17, 15) is 4.79 Å². The van der Waals surface area contributed by atoms with E-state index in [0.717, 1.165) is 28.2 Å². The highest BCUT2D eigenvalue weighted by molar-refractivity contribution is 8.00. The first-order valence-corrected chi connectivity index (χ1v) is 10.9. The van der Waals surface area contributed by atoms with Crippen molar-refractivity contribution in [1.82, 2.24) is 14.9 Å². The zero-order valence-electron chi connectivity index (χ0n) is 16.9. The third-order valence-corrected chi connectivity index (χ3v) is 6.50. The molecule has 0 bridgehead atoms. The van der Waals surface area contributed by atoms with Gasteiger partial charge in [-0.2, -0.15) is 0 Å². The Kier molecular flexibility index (Phi) is 5.18. The van der Waals surface area contributed by atoms with Crippen molar-refractivity contribution in [3.05, 3.63) is 96.1 Å². The number of amides is 1. The van der Waals surface area contributed by atoms with Crippen LogP contribution in [0.5, 0.6) is 0 Å². The summed E-state index contributed by atoms with van der Waals surface area (Å²) in [4.78, 5) is 13.4. The van der Waals surface area contributed by atoms with Crippen LogP contribution in [0.1, 0.15) is 17.2 Å². The summed E-state index contributed by atoms with van der Waals surface area (Å²) in [7, 11) is 0. The second-order valence-corrected chi connectivity index (χ2v) is 8.48. The highest BCUT2D eigenvalue weighted by Gasteiger charge is 2.38. The summed E-state index contributed by atoms with van der Waals surface area (Å²) >= 11 is 1.42. The molecule has 2 heterocycles. The Hall–Kier alpha value is -3.58. The van der Waals surface area contributed by atoms with E-state index >= 15 is 0 Å². The average molecular weight is 428 g/mol. The number of para-hydroxylation sites is 1. The van der Waals surface area contributed by atoms with Gasteiger partial charge >= 0.3 is 0 Å². The number of thioether (sulfide) groups is 1. The highest BCUT2D eigenvalue weighted by atomic mass is 32.2. The number of benzene rings is 3. The first kappa shape index (κ1) is 19.4. The molecule has 2 N–H and O–H groups in total. The van der Waals surface area contributed by atoms with Gasteiger partial charge in [-0.15, -0.1) is 10.2 Å². The minimum Gasteiger partial charge on any atom is -0.325 e. The van der Waals surface area contributed by atoms with Crippen molar-refractivity contribution >= 4 is 23.4 Å². The van der Waals surface area contributed by atoms with Crippen molar-refractivity contribution in [2.24, 2.45) is 0 Å². The topological polar surface area (TPSA) is 71.8 Å². The zero-order chi connectivity index (χ0) is 21.2. The zero-order valence-corrected chi connectivity index (χ0v) is 17.7. The van der Waals surface area contributed by atoms with Crippen molar-refractivity contribution in [3.63, 3.8) is 0 Å². The monoisotopic (exact) mass is 427 g/mol. The van der Waals surface area contributed by atoms with E-state index in [4.69, 9.17) is 0 Å². The Bertz CT molecular complexity index is 1210. The molecule has 0 spiro atoms. The molecular formula is C24H21N5OS. The Labute approximate surface area is 184 Å². The van der Waals surface area contributed by atoms with Crippen LogP contribution >= 0.6 is 11.8 Å². The Balaban J connectivity index is 1.51. The molecular weight excluding hydrogens is 406 g/mol. The number of carbonyl (C=O) groups excluding carboxylic acids is 1. The van der Waals surface area contributed by atoms with Gasteiger partial charge < -0.3 is 10.7 Å². The molecule has 1 aromatic heterocycles. The van der Waals surface area contributed by atoms with Gasteiger partial charge in [-0.05, 0) is 24.1 Å². The molecule has 0 unspecified atom stereocenters. The van der Waals surface area contributed by atoms with Crippen molar-refractivity contribution in [1.29, 1.82) is 0 Å². The third kappa shape index (κ3) is 3.80. The van der Waals surface area contributed by atoms with Crippen molar-refractivity contribution in [3.8, 4) is 11.4 Å². The van der Waals surface area contributed by atoms with Crippen LogP contribution in [-0.4, -0.2) is 26.0 Å². The predicted molar refractivity (Wildman–Crippen MR) is 123 cm³/mol. The van der Waals surface area contributed by atoms with Gasteiger partial charge in [-0.3, -0.25) is 4.79 Å². The molecule has 2 atom stereocenters. The molecule has 0 radical (unpaired) electrons. The summed E-state index contributed by atoms with van der Waals surface area (Å²) in [6.45, 7) is 1.99. The van der Waals surface area contributed by atoms with Crippen molar-refractivity contribution in [2.75, 3.05) is 10.7 Å². The van der Waals surface area contributed by atoms with Gasteiger partial charge in [0.1, 0.15) is 5.25 Å². The second-order valence-electron chi connectivity index (χ2n) is 7.37. The first-order valence-electron chi connectivity index (χ1n) is 10.1. The van der Waals surface area contributed by atoms with E-state index in [0.29, 0.717) is 5.16 Å². The molecule has 0 fully saturated rings. The maximum absolute atomic E-state index is 13.4. The molecule has 31 heavy (non-hydrogen) atoms. The van der Waals surface area contributed by atoms with Crippen molar-refractivity contribution < 1.29 is 4.79 Å². The minimum atomic E-state index is -0.415. The molecule has 3 aromatic carbocycles. The second kappa shape index (κ2) is 8.28. The first-order chi connectivity index (χ1) is 15.2. The van der Waals surface area contributed by atoms with E-state index in [2.05, 4.69) is 20.9 Å². The van der Waals surface area contributed by atoms with Gasteiger partial charge in [0.05, 0.1) is 6.04 Å². The lowest BCUT2D eigenvalue weighted by molar-refractivity contribution is -0.116. The molecule has 1 aliphatic rings. The molecule has 4 aromatic rings. The molecule has 6 nitrogen and oxygen atoms in total. The summed E-state index contributed by atoms with van der Waals surface area (Å²) in [5, 5.41) is 12.1. The quantitative estimate of drug-likeness (QED) is 0.496. The van der Waals surface area contributed by atoms with Gasteiger partial charge in [-0.1, -0.05) is 90.6 Å². The molecule has 1 amide bonds. The van der Waals surface area contributed by atoms with Crippen LogP contribution in [0.4, 0.5) is 5.69 Å². The van der Waals surface area contributed by atoms with E-state index in [-0.39, 0.29) is 11.9 Å². The van der Waals surface area contributed by atoms with Gasteiger partial charge in [-0.25, -0.2) is 4.68 Å². The van der Waals surface area contributed by atoms with Gasteiger partial charge in [0.25, 0.3) is 0 Å². The predicted octanol–water partition coefficient (Wildman–Crippen LogP) is 4.65. The highest BCUT2D eigenvalue weighted by Crippen LogP contribution is 2.39. The number of carbonyl (C=O) groups is 1. The van der Waals surface area contributed by atoms with Crippen LogP contribution in [-0.2, 0) is 4.79 Å². The number of anilines is 1. The summed E-state index contributed by atoms with van der Waals surface area (Å²) in [5.41, 5.74) is 7.33. The molecule has 5 rings (SSSR count). The average Bonchev–Trinajstić information content (AvgIpc) is 3.24. The van der Waals surface area contributed by atoms with Crippen LogP contribution in [0.3, 0.4) is 0 Å². The normalized spacial score (nSPS) is 17.5. The summed E-state index contributed by atoms with van der Waals surface area (Å²) in [5.74, 6) is 0.651. The van der Waals surface area contributed by atoms with Crippen LogP contribution in [0.25, 0.3) is 11.4 Å². The molecule has 7 heteroatoms.